The highest BCUT2D eigenvalue weighted by atomic mass is 16.4. The Hall–Kier alpha value is -0.570. The lowest BCUT2D eigenvalue weighted by molar-refractivity contribution is -0.146. The van der Waals surface area contributed by atoms with E-state index in [2.05, 4.69) is 7.05 Å². The van der Waals surface area contributed by atoms with Gasteiger partial charge in [-0.05, 0) is 6.42 Å². The maximum atomic E-state index is 10.1. The van der Waals surface area contributed by atoms with Gasteiger partial charge in [0.1, 0.15) is 6.04 Å². The highest BCUT2D eigenvalue weighted by molar-refractivity contribution is 5.74. The van der Waals surface area contributed by atoms with Gasteiger partial charge >= 0.3 is 5.97 Å². The molecule has 0 spiro atoms. The Morgan fingerprint density at radius 3 is 2.50 bits per heavy atom. The molecular weight excluding hydrogens is 106 g/mol. The fourth-order valence-electron chi connectivity index (χ4n) is 0.720. The van der Waals surface area contributed by atoms with Crippen LogP contribution in [0.15, 0.2) is 0 Å². The summed E-state index contributed by atoms with van der Waals surface area (Å²) in [5.74, 6) is -0.758. The van der Waals surface area contributed by atoms with Gasteiger partial charge in [0.25, 0.3) is 0 Å². The number of rotatable bonds is 1. The van der Waals surface area contributed by atoms with E-state index < -0.39 is 5.97 Å². The second-order valence-corrected chi connectivity index (χ2v) is 1.96. The number of hydrogen-bond donors (Lipinski definition) is 1. The molecule has 0 saturated carbocycles. The number of nitrogens with zero attached hydrogens (tertiary/aromatic N) is 1. The van der Waals surface area contributed by atoms with Crippen LogP contribution in [0.3, 0.4) is 0 Å². The summed E-state index contributed by atoms with van der Waals surface area (Å²) >= 11 is 0. The molecule has 3 heteroatoms. The molecule has 1 aliphatic heterocycles. The van der Waals surface area contributed by atoms with Crippen LogP contribution < -0.4 is 0 Å². The maximum absolute atomic E-state index is 10.1. The quantitative estimate of drug-likeness (QED) is 0.519. The first-order valence-corrected chi connectivity index (χ1v) is 2.52. The first-order chi connectivity index (χ1) is 3.72. The number of hydrogen-bond acceptors (Lipinski definition) is 2. The van der Waals surface area contributed by atoms with Crippen LogP contribution in [0, 0.1) is 7.05 Å². The number of likely N-dealkylation sites (tertiary alicyclic amines) is 1. The topological polar surface area (TPSA) is 40.5 Å². The molecule has 1 heterocycles. The number of carbonyl (C=O) groups is 1. The molecular formula is C5H8NO2. The molecule has 1 aliphatic rings. The predicted molar refractivity (Wildman–Crippen MR) is 28.1 cm³/mol. The lowest BCUT2D eigenvalue weighted by Gasteiger charge is -2.33. The third kappa shape index (κ3) is 0.690. The number of carboxylic acids is 1. The summed E-state index contributed by atoms with van der Waals surface area (Å²) in [4.78, 5) is 11.7. The van der Waals surface area contributed by atoms with E-state index in [9.17, 15) is 4.79 Å². The minimum Gasteiger partial charge on any atom is -0.480 e. The van der Waals surface area contributed by atoms with Crippen molar-refractivity contribution in [1.29, 1.82) is 0 Å². The molecule has 1 saturated heterocycles. The van der Waals surface area contributed by atoms with Crippen LogP contribution in [0.4, 0.5) is 0 Å². The summed E-state index contributed by atoms with van der Waals surface area (Å²) in [7, 11) is 3.50. The minimum atomic E-state index is -0.758. The van der Waals surface area contributed by atoms with Gasteiger partial charge in [-0.15, -0.1) is 0 Å². The Labute approximate surface area is 47.9 Å². The van der Waals surface area contributed by atoms with Gasteiger partial charge in [0.2, 0.25) is 0 Å². The fourth-order valence-corrected chi connectivity index (χ4v) is 0.720. The Balaban J connectivity index is 2.37. The van der Waals surface area contributed by atoms with Crippen LogP contribution in [0.2, 0.25) is 0 Å². The van der Waals surface area contributed by atoms with Crippen LogP contribution >= 0.6 is 0 Å². The molecule has 8 heavy (non-hydrogen) atoms. The van der Waals surface area contributed by atoms with E-state index >= 15 is 0 Å². The summed E-state index contributed by atoms with van der Waals surface area (Å²) in [6.45, 7) is 0.816. The van der Waals surface area contributed by atoms with Gasteiger partial charge in [-0.2, -0.15) is 0 Å². The van der Waals surface area contributed by atoms with Gasteiger partial charge < -0.3 is 5.11 Å². The lowest BCUT2D eigenvalue weighted by Crippen LogP contribution is -2.48. The predicted octanol–water partition coefficient (Wildman–Crippen LogP) is -0.0631. The molecule has 1 radical (unpaired) electrons. The Morgan fingerprint density at radius 1 is 1.88 bits per heavy atom. The van der Waals surface area contributed by atoms with Crippen LogP contribution in [0.5, 0.6) is 0 Å². The smallest absolute Gasteiger partial charge is 0.320 e. The summed E-state index contributed by atoms with van der Waals surface area (Å²) in [6.07, 6.45) is 0.749. The second-order valence-electron chi connectivity index (χ2n) is 1.96. The van der Waals surface area contributed by atoms with E-state index in [1.807, 2.05) is 0 Å². The van der Waals surface area contributed by atoms with Crippen molar-refractivity contribution in [3.8, 4) is 0 Å². The zero-order chi connectivity index (χ0) is 6.15. The first-order valence-electron chi connectivity index (χ1n) is 2.52. The van der Waals surface area contributed by atoms with Crippen LogP contribution in [0.1, 0.15) is 6.42 Å². The maximum Gasteiger partial charge on any atom is 0.320 e. The van der Waals surface area contributed by atoms with Crippen molar-refractivity contribution in [2.24, 2.45) is 0 Å². The van der Waals surface area contributed by atoms with Gasteiger partial charge in [-0.3, -0.25) is 9.69 Å². The molecule has 0 aromatic rings. The molecule has 0 unspecified atom stereocenters. The minimum absolute atomic E-state index is 0.310. The molecule has 1 atom stereocenters. The molecule has 0 amide bonds. The van der Waals surface area contributed by atoms with E-state index in [4.69, 9.17) is 5.11 Å². The summed E-state index contributed by atoms with van der Waals surface area (Å²) in [6, 6.07) is -0.310. The molecule has 0 aromatic heterocycles. The van der Waals surface area contributed by atoms with Gasteiger partial charge in [0.05, 0.1) is 0 Å². The highest BCUT2D eigenvalue weighted by Crippen LogP contribution is 2.14. The third-order valence-corrected chi connectivity index (χ3v) is 1.42. The van der Waals surface area contributed by atoms with E-state index in [0.717, 1.165) is 13.0 Å². The van der Waals surface area contributed by atoms with Crippen LogP contribution in [0.25, 0.3) is 0 Å². The largest absolute Gasteiger partial charge is 0.480 e. The van der Waals surface area contributed by atoms with Gasteiger partial charge in [0.15, 0.2) is 0 Å². The van der Waals surface area contributed by atoms with Crippen molar-refractivity contribution in [2.75, 3.05) is 6.54 Å². The number of aliphatic carboxylic acids is 1. The molecule has 1 N–H and O–H groups in total. The van der Waals surface area contributed by atoms with Crippen molar-refractivity contribution in [3.63, 3.8) is 0 Å². The highest BCUT2D eigenvalue weighted by Gasteiger charge is 2.30. The fraction of sp³-hybridized carbons (Fsp3) is 0.600. The SMILES string of the molecule is [CH2]N1CC[C@H]1C(=O)O. The van der Waals surface area contributed by atoms with Crippen LogP contribution in [-0.4, -0.2) is 28.6 Å². The molecule has 0 aliphatic carbocycles. The van der Waals surface area contributed by atoms with Crippen molar-refractivity contribution in [2.45, 2.75) is 12.5 Å². The lowest BCUT2D eigenvalue weighted by atomic mass is 10.1. The molecule has 0 aromatic carbocycles. The van der Waals surface area contributed by atoms with Gasteiger partial charge in [-0.25, -0.2) is 0 Å². The Bertz CT molecular complexity index is 113. The average molecular weight is 114 g/mol. The van der Waals surface area contributed by atoms with Gasteiger partial charge in [-0.1, -0.05) is 0 Å². The van der Waals surface area contributed by atoms with Crippen molar-refractivity contribution in [3.05, 3.63) is 7.05 Å². The van der Waals surface area contributed by atoms with Crippen molar-refractivity contribution >= 4 is 5.97 Å². The molecule has 45 valence electrons. The number of carboxylic acid groups (broad SMARTS) is 1. The monoisotopic (exact) mass is 114 g/mol. The van der Waals surface area contributed by atoms with E-state index in [-0.39, 0.29) is 6.04 Å². The summed E-state index contributed by atoms with van der Waals surface area (Å²) < 4.78 is 0. The van der Waals surface area contributed by atoms with E-state index in [0.29, 0.717) is 0 Å². The zero-order valence-corrected chi connectivity index (χ0v) is 4.50. The van der Waals surface area contributed by atoms with Gasteiger partial charge in [0, 0.05) is 13.6 Å². The van der Waals surface area contributed by atoms with E-state index in [1.165, 1.54) is 0 Å². The molecule has 1 rings (SSSR count). The Morgan fingerprint density at radius 2 is 2.50 bits per heavy atom. The van der Waals surface area contributed by atoms with Crippen molar-refractivity contribution < 1.29 is 9.90 Å². The normalized spacial score (nSPS) is 29.4. The Kier molecular flexibility index (Phi) is 1.21. The summed E-state index contributed by atoms with van der Waals surface area (Å²) in [5, 5.41) is 8.32. The summed E-state index contributed by atoms with van der Waals surface area (Å²) in [5.41, 5.74) is 0. The average Bonchev–Trinajstić information content (AvgIpc) is 1.61. The van der Waals surface area contributed by atoms with Crippen LogP contribution in [-0.2, 0) is 4.79 Å². The standard InChI is InChI=1S/C5H8NO2/c1-6-3-2-4(6)5(7)8/h4H,1-3H2,(H,7,8)/t4-/m0/s1. The first kappa shape index (κ1) is 5.56. The van der Waals surface area contributed by atoms with E-state index in [1.54, 1.807) is 4.90 Å². The zero-order valence-electron chi connectivity index (χ0n) is 4.50. The third-order valence-electron chi connectivity index (χ3n) is 1.42. The molecule has 0 bridgehead atoms. The second kappa shape index (κ2) is 1.74. The van der Waals surface area contributed by atoms with Crippen molar-refractivity contribution in [1.82, 2.24) is 4.90 Å². The molecule has 1 fully saturated rings. The molecule has 3 nitrogen and oxygen atoms in total.